The Morgan fingerprint density at radius 2 is 1.70 bits per heavy atom. The van der Waals surface area contributed by atoms with E-state index in [0.717, 1.165) is 0 Å². The van der Waals surface area contributed by atoms with Crippen LogP contribution in [0.15, 0.2) is 42.2 Å². The number of hydrogen-bond donors (Lipinski definition) is 0. The summed E-state index contributed by atoms with van der Waals surface area (Å²) in [4.78, 5) is 0. The SMILES string of the molecule is C[SiH](C)[Hf+2]([C]1=CC=CC1)[C]1=C([Si](C)(C)C)C=CC1.[Cl-].[Cl-]. The molecule has 2 aliphatic carbocycles. The molecule has 5 heteroatoms. The molecule has 0 aromatic rings. The molecule has 0 aliphatic heterocycles. The van der Waals surface area contributed by atoms with E-state index < -0.39 is 34.7 Å². The minimum atomic E-state index is -1.62. The summed E-state index contributed by atoms with van der Waals surface area (Å²) in [6, 6.07) is 0. The predicted octanol–water partition coefficient (Wildman–Crippen LogP) is -1.47. The second-order valence-corrected chi connectivity index (χ2v) is 38.6. The summed E-state index contributed by atoms with van der Waals surface area (Å²) in [6.45, 7) is 12.8. The summed E-state index contributed by atoms with van der Waals surface area (Å²) >= 11 is -1.62. The van der Waals surface area contributed by atoms with Gasteiger partial charge in [0.05, 0.1) is 0 Å². The minimum Gasteiger partial charge on any atom is -1.00 e. The number of hydrogen-bond acceptors (Lipinski definition) is 0. The van der Waals surface area contributed by atoms with Gasteiger partial charge in [0, 0.05) is 0 Å². The summed E-state index contributed by atoms with van der Waals surface area (Å²) in [5, 5.41) is 1.83. The van der Waals surface area contributed by atoms with Gasteiger partial charge in [0.25, 0.3) is 0 Å². The molecule has 0 spiro atoms. The first kappa shape index (κ1) is 20.8. The zero-order valence-electron chi connectivity index (χ0n) is 13.1. The van der Waals surface area contributed by atoms with Gasteiger partial charge in [0.15, 0.2) is 0 Å². The maximum Gasteiger partial charge on any atom is -1.00 e. The van der Waals surface area contributed by atoms with E-state index in [0.29, 0.717) is 0 Å². The van der Waals surface area contributed by atoms with E-state index in [9.17, 15) is 0 Å². The summed E-state index contributed by atoms with van der Waals surface area (Å²) in [6.07, 6.45) is 14.7. The molecular weight excluding hydrogens is 486 g/mol. The van der Waals surface area contributed by atoms with Crippen molar-refractivity contribution in [1.29, 1.82) is 0 Å². The van der Waals surface area contributed by atoms with E-state index in [4.69, 9.17) is 0 Å². The maximum atomic E-state index is 2.61. The zero-order chi connectivity index (χ0) is 13.3. The van der Waals surface area contributed by atoms with E-state index in [-0.39, 0.29) is 24.8 Å². The van der Waals surface area contributed by atoms with Crippen LogP contribution >= 0.6 is 0 Å². The summed E-state index contributed by atoms with van der Waals surface area (Å²) in [7, 11) is -1.13. The fourth-order valence-electron chi connectivity index (χ4n) is 3.02. The van der Waals surface area contributed by atoms with Gasteiger partial charge in [-0.15, -0.1) is 0 Å². The molecule has 0 saturated heterocycles. The van der Waals surface area contributed by atoms with Crippen LogP contribution in [-0.2, 0) is 20.6 Å². The molecular formula is C15H25Cl2HfSi2. The topological polar surface area (TPSA) is 0 Å². The van der Waals surface area contributed by atoms with Crippen molar-refractivity contribution in [3.8, 4) is 0 Å². The van der Waals surface area contributed by atoms with Gasteiger partial charge in [0.1, 0.15) is 0 Å². The van der Waals surface area contributed by atoms with Gasteiger partial charge in [-0.05, 0) is 0 Å². The van der Waals surface area contributed by atoms with Crippen molar-refractivity contribution in [3.05, 3.63) is 42.2 Å². The third-order valence-electron chi connectivity index (χ3n) is 3.76. The Morgan fingerprint density at radius 3 is 2.15 bits per heavy atom. The summed E-state index contributed by atoms with van der Waals surface area (Å²) in [5.74, 6) is -0.473. The second-order valence-electron chi connectivity index (χ2n) is 6.64. The molecule has 0 radical (unpaired) electrons. The summed E-state index contributed by atoms with van der Waals surface area (Å²) in [5.41, 5.74) is 0. The Labute approximate surface area is 146 Å². The van der Waals surface area contributed by atoms with Gasteiger partial charge < -0.3 is 24.8 Å². The molecule has 0 unspecified atom stereocenters. The van der Waals surface area contributed by atoms with Crippen molar-refractivity contribution in [3.63, 3.8) is 0 Å². The van der Waals surface area contributed by atoms with Crippen LogP contribution in [0, 0.1) is 0 Å². The van der Waals surface area contributed by atoms with Gasteiger partial charge in [-0.2, -0.15) is 0 Å². The molecule has 0 atom stereocenters. The first-order valence-corrected chi connectivity index (χ1v) is 23.2. The molecule has 0 nitrogen and oxygen atoms in total. The quantitative estimate of drug-likeness (QED) is 0.405. The Balaban J connectivity index is 0.00000180. The van der Waals surface area contributed by atoms with Gasteiger partial charge in [-0.1, -0.05) is 0 Å². The second kappa shape index (κ2) is 8.47. The average molecular weight is 511 g/mol. The largest absolute Gasteiger partial charge is 1.00 e. The van der Waals surface area contributed by atoms with Crippen LogP contribution in [-0.4, -0.2) is 14.1 Å². The fraction of sp³-hybridized carbons (Fsp3) is 0.467. The van der Waals surface area contributed by atoms with Gasteiger partial charge >= 0.3 is 122 Å². The minimum absolute atomic E-state index is 0. The fourth-order valence-corrected chi connectivity index (χ4v) is 38.1. The van der Waals surface area contributed by atoms with Crippen molar-refractivity contribution in [1.82, 2.24) is 0 Å². The molecule has 0 saturated carbocycles. The number of rotatable bonds is 4. The van der Waals surface area contributed by atoms with Crippen LogP contribution in [0.4, 0.5) is 0 Å². The third kappa shape index (κ3) is 4.67. The summed E-state index contributed by atoms with van der Waals surface area (Å²) < 4.78 is 3.90. The Hall–Kier alpha value is 0.844. The average Bonchev–Trinajstić information content (AvgIpc) is 2.86. The molecule has 0 N–H and O–H groups in total. The molecule has 0 heterocycles. The van der Waals surface area contributed by atoms with Crippen molar-refractivity contribution >= 4 is 14.1 Å². The van der Waals surface area contributed by atoms with Crippen molar-refractivity contribution in [2.45, 2.75) is 45.6 Å². The van der Waals surface area contributed by atoms with Crippen LogP contribution in [0.25, 0.3) is 0 Å². The molecule has 0 fully saturated rings. The third-order valence-corrected chi connectivity index (χ3v) is 34.1. The molecule has 0 aromatic carbocycles. The standard InChI is InChI=1S/C8H13Si.C5H5.C2H7Si.2ClH.Hf/c1-9(2,3)8-6-4-5-7-8;1-2-4-5-3-1;1-3-2;;;/h4,6H,5H2,1-3H3;1-3H,4H2;3H,1-2H3;2*1H;/q;;;;;+2/p-2. The van der Waals surface area contributed by atoms with Crippen LogP contribution in [0.5, 0.6) is 0 Å². The van der Waals surface area contributed by atoms with Crippen LogP contribution in [0.3, 0.4) is 0 Å². The van der Waals surface area contributed by atoms with E-state index in [1.54, 1.807) is 0 Å². The molecule has 0 aromatic heterocycles. The van der Waals surface area contributed by atoms with Crippen LogP contribution in [0.1, 0.15) is 12.8 Å². The number of allylic oxidation sites excluding steroid dienone is 8. The number of halogens is 2. The van der Waals surface area contributed by atoms with Crippen LogP contribution < -0.4 is 24.8 Å². The normalized spacial score (nSPS) is 17.2. The van der Waals surface area contributed by atoms with E-state index >= 15 is 0 Å². The van der Waals surface area contributed by atoms with E-state index in [2.05, 4.69) is 63.1 Å². The van der Waals surface area contributed by atoms with Gasteiger partial charge in [-0.3, -0.25) is 0 Å². The molecule has 111 valence electrons. The zero-order valence-corrected chi connectivity index (χ0v) is 20.4. The first-order chi connectivity index (χ1) is 8.41. The van der Waals surface area contributed by atoms with Crippen molar-refractivity contribution in [2.75, 3.05) is 0 Å². The van der Waals surface area contributed by atoms with Crippen molar-refractivity contribution in [2.24, 2.45) is 0 Å². The molecule has 0 bridgehead atoms. The monoisotopic (exact) mass is 511 g/mol. The Bertz CT molecular complexity index is 457. The maximum absolute atomic E-state index is 2.61. The van der Waals surface area contributed by atoms with E-state index in [1.165, 1.54) is 12.8 Å². The first-order valence-electron chi connectivity index (χ1n) is 7.04. The van der Waals surface area contributed by atoms with Gasteiger partial charge in [-0.25, -0.2) is 0 Å². The smallest absolute Gasteiger partial charge is 1.00 e. The molecule has 0 amide bonds. The predicted molar refractivity (Wildman–Crippen MR) is 84.8 cm³/mol. The van der Waals surface area contributed by atoms with Gasteiger partial charge in [0.2, 0.25) is 0 Å². The van der Waals surface area contributed by atoms with Crippen molar-refractivity contribution < 1.29 is 45.4 Å². The van der Waals surface area contributed by atoms with E-state index in [1.807, 2.05) is 11.9 Å². The van der Waals surface area contributed by atoms with Crippen LogP contribution in [0.2, 0.25) is 32.7 Å². The Morgan fingerprint density at radius 1 is 1.05 bits per heavy atom. The molecule has 2 aliphatic rings. The Kier molecular flexibility index (Phi) is 8.83. The molecule has 20 heavy (non-hydrogen) atoms. The molecule has 2 rings (SSSR count).